The first-order valence-corrected chi connectivity index (χ1v) is 29.3. The van der Waals surface area contributed by atoms with Crippen LogP contribution in [-0.4, -0.2) is 99.6 Å². The molecule has 1 heterocycles. The van der Waals surface area contributed by atoms with E-state index in [4.69, 9.17) is 14.2 Å². The van der Waals surface area contributed by atoms with E-state index in [1.807, 2.05) is 18.2 Å². The summed E-state index contributed by atoms with van der Waals surface area (Å²) >= 11 is 0. The molecule has 6 N–H and O–H groups in total. The SMILES string of the molecule is CC/C=C\C/C=C\C/C=C\C/C=C\C/C=C\CCCCCC(=O)OC1C(OCC(NC(=O)C(O)CC/C=C\C/C=C\C/C=C\C/C=C\CCCCC)C(O)/C=C/CCCCCCCCCCC)OC(CO)C(O)C1O. The number of aliphatic hydroxyl groups is 5. The first kappa shape index (κ1) is 69.1. The van der Waals surface area contributed by atoms with Gasteiger partial charge in [0.25, 0.3) is 0 Å². The molecule has 1 aliphatic rings. The molecule has 1 rings (SSSR count). The molecule has 1 saturated heterocycles. The Morgan fingerprint density at radius 2 is 0.960 bits per heavy atom. The van der Waals surface area contributed by atoms with E-state index in [9.17, 15) is 35.1 Å². The van der Waals surface area contributed by atoms with Crippen LogP contribution >= 0.6 is 0 Å². The minimum Gasteiger partial charge on any atom is -0.454 e. The van der Waals surface area contributed by atoms with Crippen LogP contribution in [0.15, 0.2) is 122 Å². The molecule has 0 aromatic carbocycles. The van der Waals surface area contributed by atoms with Gasteiger partial charge in [-0.2, -0.15) is 0 Å². The molecular weight excluding hydrogens is 943 g/mol. The van der Waals surface area contributed by atoms with Gasteiger partial charge in [-0.05, 0) is 109 Å². The number of esters is 1. The maximum atomic E-state index is 13.4. The molecule has 1 aliphatic heterocycles. The quantitative estimate of drug-likeness (QED) is 0.0195. The number of ether oxygens (including phenoxy) is 3. The van der Waals surface area contributed by atoms with Crippen molar-refractivity contribution in [1.29, 1.82) is 0 Å². The first-order chi connectivity index (χ1) is 36.7. The maximum Gasteiger partial charge on any atom is 0.306 e. The molecule has 0 aromatic heterocycles. The van der Waals surface area contributed by atoms with Gasteiger partial charge in [-0.3, -0.25) is 9.59 Å². The van der Waals surface area contributed by atoms with Gasteiger partial charge in [-0.15, -0.1) is 0 Å². The third-order valence-corrected chi connectivity index (χ3v) is 12.9. The minimum absolute atomic E-state index is 0.0707. The average Bonchev–Trinajstić information content (AvgIpc) is 3.41. The van der Waals surface area contributed by atoms with Crippen LogP contribution in [0.2, 0.25) is 0 Å². The van der Waals surface area contributed by atoms with Gasteiger partial charge in [0.2, 0.25) is 5.91 Å². The van der Waals surface area contributed by atoms with Crippen LogP contribution in [0.3, 0.4) is 0 Å². The van der Waals surface area contributed by atoms with Crippen molar-refractivity contribution in [3.05, 3.63) is 122 Å². The summed E-state index contributed by atoms with van der Waals surface area (Å²) in [5.74, 6) is -1.30. The predicted molar refractivity (Wildman–Crippen MR) is 310 cm³/mol. The number of amides is 1. The summed E-state index contributed by atoms with van der Waals surface area (Å²) in [6.45, 7) is 5.56. The Hall–Kier alpha value is -3.94. The lowest BCUT2D eigenvalue weighted by atomic mass is 9.99. The number of nitrogens with one attached hydrogen (secondary N) is 1. The van der Waals surface area contributed by atoms with Crippen molar-refractivity contribution < 1.29 is 49.3 Å². The molecule has 1 fully saturated rings. The Labute approximate surface area is 455 Å². The van der Waals surface area contributed by atoms with Crippen molar-refractivity contribution in [2.24, 2.45) is 0 Å². The molecule has 0 aromatic rings. The second-order valence-electron chi connectivity index (χ2n) is 19.6. The number of hydrogen-bond acceptors (Lipinski definition) is 10. The van der Waals surface area contributed by atoms with E-state index in [0.717, 1.165) is 103 Å². The zero-order valence-corrected chi connectivity index (χ0v) is 46.9. The monoisotopic (exact) mass is 1050 g/mol. The number of aliphatic hydroxyl groups excluding tert-OH is 5. The molecule has 8 atom stereocenters. The Bertz CT molecular complexity index is 1680. The Balaban J connectivity index is 2.77. The van der Waals surface area contributed by atoms with Gasteiger partial charge in [0, 0.05) is 6.42 Å². The molecule has 0 saturated carbocycles. The van der Waals surface area contributed by atoms with Gasteiger partial charge < -0.3 is 45.1 Å². The van der Waals surface area contributed by atoms with Gasteiger partial charge in [0.1, 0.15) is 24.4 Å². The van der Waals surface area contributed by atoms with Crippen molar-refractivity contribution in [3.63, 3.8) is 0 Å². The minimum atomic E-state index is -1.64. The lowest BCUT2D eigenvalue weighted by molar-refractivity contribution is -0.305. The Kier molecular flexibility index (Phi) is 46.8. The summed E-state index contributed by atoms with van der Waals surface area (Å²) in [6, 6.07) is -1.07. The molecule has 0 spiro atoms. The largest absolute Gasteiger partial charge is 0.454 e. The molecule has 0 radical (unpaired) electrons. The fourth-order valence-corrected chi connectivity index (χ4v) is 8.20. The topological polar surface area (TPSA) is 175 Å². The molecule has 8 unspecified atom stereocenters. The number of hydrogen-bond donors (Lipinski definition) is 6. The van der Waals surface area contributed by atoms with Crippen molar-refractivity contribution in [3.8, 4) is 0 Å². The number of rotatable bonds is 47. The summed E-state index contributed by atoms with van der Waals surface area (Å²) in [5.41, 5.74) is 0. The van der Waals surface area contributed by atoms with E-state index < -0.39 is 67.4 Å². The predicted octanol–water partition coefficient (Wildman–Crippen LogP) is 13.5. The third kappa shape index (κ3) is 39.1. The van der Waals surface area contributed by atoms with Gasteiger partial charge in [-0.25, -0.2) is 0 Å². The smallest absolute Gasteiger partial charge is 0.306 e. The van der Waals surface area contributed by atoms with Crippen molar-refractivity contribution >= 4 is 11.9 Å². The molecule has 11 nitrogen and oxygen atoms in total. The van der Waals surface area contributed by atoms with Gasteiger partial charge in [0.15, 0.2) is 12.4 Å². The highest BCUT2D eigenvalue weighted by atomic mass is 16.7. The van der Waals surface area contributed by atoms with Crippen molar-refractivity contribution in [1.82, 2.24) is 5.32 Å². The molecule has 11 heteroatoms. The van der Waals surface area contributed by atoms with Crippen LogP contribution in [-0.2, 0) is 23.8 Å². The number of carbonyl (C=O) groups is 2. The fraction of sp³-hybridized carbons (Fsp3) is 0.656. The molecule has 0 aliphatic carbocycles. The molecule has 1 amide bonds. The van der Waals surface area contributed by atoms with Crippen molar-refractivity contribution in [2.45, 2.75) is 256 Å². The fourth-order valence-electron chi connectivity index (χ4n) is 8.20. The number of allylic oxidation sites excluding steroid dienone is 19. The lowest BCUT2D eigenvalue weighted by Gasteiger charge is -2.41. The zero-order chi connectivity index (χ0) is 54.7. The summed E-state index contributed by atoms with van der Waals surface area (Å²) in [7, 11) is 0. The number of carbonyl (C=O) groups excluding carboxylic acids is 2. The highest BCUT2D eigenvalue weighted by Crippen LogP contribution is 2.26. The number of unbranched alkanes of at least 4 members (excludes halogenated alkanes) is 15. The van der Waals surface area contributed by atoms with E-state index in [2.05, 4.69) is 123 Å². The molecule has 0 bridgehead atoms. The lowest BCUT2D eigenvalue weighted by Crippen LogP contribution is -2.61. The normalized spacial score (nSPS) is 20.1. The van der Waals surface area contributed by atoms with Crippen LogP contribution in [0.5, 0.6) is 0 Å². The van der Waals surface area contributed by atoms with Crippen LogP contribution in [0.25, 0.3) is 0 Å². The van der Waals surface area contributed by atoms with Crippen LogP contribution in [0, 0.1) is 0 Å². The zero-order valence-electron chi connectivity index (χ0n) is 46.9. The van der Waals surface area contributed by atoms with E-state index in [-0.39, 0.29) is 19.4 Å². The molecular formula is C64H105NO10. The van der Waals surface area contributed by atoms with Crippen LogP contribution in [0.1, 0.15) is 207 Å². The summed E-state index contributed by atoms with van der Waals surface area (Å²) in [4.78, 5) is 26.4. The Morgan fingerprint density at radius 3 is 1.47 bits per heavy atom. The van der Waals surface area contributed by atoms with E-state index in [1.54, 1.807) is 6.08 Å². The van der Waals surface area contributed by atoms with Crippen molar-refractivity contribution in [2.75, 3.05) is 13.2 Å². The first-order valence-electron chi connectivity index (χ1n) is 29.3. The second kappa shape index (κ2) is 50.9. The van der Waals surface area contributed by atoms with Crippen LogP contribution in [0.4, 0.5) is 0 Å². The summed E-state index contributed by atoms with van der Waals surface area (Å²) in [5, 5.41) is 56.7. The van der Waals surface area contributed by atoms with Crippen LogP contribution < -0.4 is 5.32 Å². The standard InChI is InChI=1S/C64H105NO10/c1-4-7-10-13-16-19-22-24-26-28-29-30-32-34-37-40-43-46-49-52-59(69)75-62-61(71)60(70)58(53-66)74-64(62)73-54-55(56(67)50-47-44-41-38-35-21-18-15-12-9-6-3)65-63(72)57(68)51-48-45-42-39-36-33-31-27-25-23-20-17-14-11-8-5-2/h7,10,16-17,19-20,24-27,29-30,33-34,36-37,42,45,47,50,55-58,60-62,64,66-68,70-71H,4-6,8-9,11-15,18,21-23,28,31-32,35,38-41,43-44,46,48-49,51-54H2,1-3H3,(H,65,72)/b10-7-,19-16-,20-17-,26-24-,27-25-,30-29-,36-33-,37-34-,45-42-,50-47+. The van der Waals surface area contributed by atoms with E-state index >= 15 is 0 Å². The second-order valence-corrected chi connectivity index (χ2v) is 19.6. The van der Waals surface area contributed by atoms with Gasteiger partial charge in [-0.1, -0.05) is 213 Å². The Morgan fingerprint density at radius 1 is 0.533 bits per heavy atom. The third-order valence-electron chi connectivity index (χ3n) is 12.9. The van der Waals surface area contributed by atoms with E-state index in [1.165, 1.54) is 57.8 Å². The highest BCUT2D eigenvalue weighted by molar-refractivity contribution is 5.80. The summed E-state index contributed by atoms with van der Waals surface area (Å²) in [6.07, 6.45) is 59.6. The molecule has 75 heavy (non-hydrogen) atoms. The van der Waals surface area contributed by atoms with E-state index in [0.29, 0.717) is 12.8 Å². The summed E-state index contributed by atoms with van der Waals surface area (Å²) < 4.78 is 17.5. The highest BCUT2D eigenvalue weighted by Gasteiger charge is 2.47. The molecule has 426 valence electrons. The maximum absolute atomic E-state index is 13.4. The van der Waals surface area contributed by atoms with Gasteiger partial charge in [0.05, 0.1) is 25.4 Å². The average molecular weight is 1050 g/mol. The van der Waals surface area contributed by atoms with Gasteiger partial charge >= 0.3 is 5.97 Å².